The van der Waals surface area contributed by atoms with Crippen LogP contribution in [-0.4, -0.2) is 42.9 Å². The van der Waals surface area contributed by atoms with Crippen LogP contribution in [0.1, 0.15) is 22.3 Å². The van der Waals surface area contributed by atoms with Gasteiger partial charge < -0.3 is 20.1 Å². The molecule has 4 N–H and O–H groups in total. The lowest BCUT2D eigenvalue weighted by molar-refractivity contribution is 0.108. The quantitative estimate of drug-likeness (QED) is 0.175. The third-order valence-electron chi connectivity index (χ3n) is 7.03. The first-order valence-electron chi connectivity index (χ1n) is 13.2. The van der Waals surface area contributed by atoms with Gasteiger partial charge in [-0.05, 0) is 53.9 Å². The molecule has 1 aromatic heterocycles. The zero-order valence-electron chi connectivity index (χ0n) is 21.7. The topological polar surface area (TPSA) is 69.3 Å². The van der Waals surface area contributed by atoms with E-state index in [9.17, 15) is 5.11 Å². The second-order valence-corrected chi connectivity index (χ2v) is 9.57. The Morgan fingerprint density at radius 1 is 0.816 bits per heavy atom. The summed E-state index contributed by atoms with van der Waals surface area (Å²) in [5, 5.41) is 18.1. The van der Waals surface area contributed by atoms with Crippen LogP contribution in [0.2, 0.25) is 0 Å². The first kappa shape index (κ1) is 25.7. The Balaban J connectivity index is 1.43. The largest absolute Gasteiger partial charge is 0.491 e. The molecule has 1 atom stereocenters. The Morgan fingerprint density at radius 3 is 1.95 bits per heavy atom. The SMILES string of the molecule is CNC[C@@H](O)COc1ccc2[nH]cc(CCNC(c3ccccc3)(c3ccccc3)c3ccccc3)c2c1. The van der Waals surface area contributed by atoms with Gasteiger partial charge in [0.1, 0.15) is 18.5 Å². The van der Waals surface area contributed by atoms with Gasteiger partial charge in [0, 0.05) is 30.2 Å². The maximum atomic E-state index is 10.0. The molecule has 0 amide bonds. The van der Waals surface area contributed by atoms with Crippen molar-refractivity contribution in [3.8, 4) is 5.75 Å². The van der Waals surface area contributed by atoms with Gasteiger partial charge in [0.25, 0.3) is 0 Å². The number of aromatic amines is 1. The minimum Gasteiger partial charge on any atom is -0.491 e. The van der Waals surface area contributed by atoms with Crippen LogP contribution in [-0.2, 0) is 12.0 Å². The number of nitrogens with one attached hydrogen (secondary N) is 3. The van der Waals surface area contributed by atoms with Crippen molar-refractivity contribution in [1.82, 2.24) is 15.6 Å². The van der Waals surface area contributed by atoms with E-state index in [4.69, 9.17) is 4.74 Å². The number of hydrogen-bond donors (Lipinski definition) is 4. The number of rotatable bonds is 12. The predicted molar refractivity (Wildman–Crippen MR) is 155 cm³/mol. The number of hydrogen-bond acceptors (Lipinski definition) is 4. The van der Waals surface area contributed by atoms with Crippen LogP contribution in [0.25, 0.3) is 10.9 Å². The molecule has 0 unspecified atom stereocenters. The minimum atomic E-state index is -0.548. The molecule has 0 radical (unpaired) electrons. The Morgan fingerprint density at radius 2 is 1.39 bits per heavy atom. The van der Waals surface area contributed by atoms with E-state index in [1.165, 1.54) is 22.3 Å². The van der Waals surface area contributed by atoms with E-state index in [1.807, 2.05) is 19.2 Å². The molecule has 1 heterocycles. The van der Waals surface area contributed by atoms with E-state index in [-0.39, 0.29) is 6.61 Å². The summed E-state index contributed by atoms with van der Waals surface area (Å²) in [5.41, 5.74) is 5.40. The minimum absolute atomic E-state index is 0.251. The predicted octanol–water partition coefficient (Wildman–Crippen LogP) is 5.25. The smallest absolute Gasteiger partial charge is 0.120 e. The molecule has 5 rings (SSSR count). The van der Waals surface area contributed by atoms with Crippen LogP contribution in [0.4, 0.5) is 0 Å². The molecule has 0 aliphatic carbocycles. The van der Waals surface area contributed by atoms with E-state index < -0.39 is 11.6 Å². The summed E-state index contributed by atoms with van der Waals surface area (Å²) in [6, 6.07) is 38.0. The number of ether oxygens (including phenoxy) is 1. The van der Waals surface area contributed by atoms with Crippen molar-refractivity contribution in [3.63, 3.8) is 0 Å². The van der Waals surface area contributed by atoms with E-state index in [0.29, 0.717) is 6.54 Å². The van der Waals surface area contributed by atoms with Crippen LogP contribution in [0, 0.1) is 0 Å². The summed E-state index contributed by atoms with van der Waals surface area (Å²) >= 11 is 0. The lowest BCUT2D eigenvalue weighted by Gasteiger charge is -2.37. The van der Waals surface area contributed by atoms with Gasteiger partial charge in [0.05, 0.1) is 5.54 Å². The third-order valence-corrected chi connectivity index (χ3v) is 7.03. The van der Waals surface area contributed by atoms with Gasteiger partial charge >= 0.3 is 0 Å². The first-order chi connectivity index (χ1) is 18.7. The highest BCUT2D eigenvalue weighted by Crippen LogP contribution is 2.37. The average molecular weight is 506 g/mol. The molecule has 0 aliphatic rings. The van der Waals surface area contributed by atoms with E-state index in [1.54, 1.807) is 0 Å². The van der Waals surface area contributed by atoms with E-state index in [2.05, 4.69) is 119 Å². The van der Waals surface area contributed by atoms with E-state index in [0.717, 1.165) is 29.6 Å². The molecule has 0 bridgehead atoms. The Hall–Kier alpha value is -3.90. The summed E-state index contributed by atoms with van der Waals surface area (Å²) < 4.78 is 5.87. The molecular weight excluding hydrogens is 470 g/mol. The monoisotopic (exact) mass is 505 g/mol. The summed E-state index contributed by atoms with van der Waals surface area (Å²) in [4.78, 5) is 3.40. The highest BCUT2D eigenvalue weighted by molar-refractivity contribution is 5.84. The van der Waals surface area contributed by atoms with E-state index >= 15 is 0 Å². The zero-order chi connectivity index (χ0) is 26.2. The highest BCUT2D eigenvalue weighted by Gasteiger charge is 2.35. The number of fused-ring (bicyclic) bond motifs is 1. The second-order valence-electron chi connectivity index (χ2n) is 9.57. The summed E-state index contributed by atoms with van der Waals surface area (Å²) in [7, 11) is 1.82. The molecule has 4 aromatic carbocycles. The standard InChI is InChI=1S/C33H35N3O2/c1-34-23-29(37)24-38-30-17-18-32-31(21-30)25(22-35-32)19-20-36-33(26-11-5-2-6-12-26,27-13-7-3-8-14-27)28-15-9-4-10-16-28/h2-18,21-22,29,34-37H,19-20,23-24H2,1H3/t29-/m1/s1. The van der Waals surface area contributed by atoms with Crippen molar-refractivity contribution in [2.75, 3.05) is 26.7 Å². The maximum Gasteiger partial charge on any atom is 0.120 e. The van der Waals surface area contributed by atoms with Gasteiger partial charge in [-0.15, -0.1) is 0 Å². The van der Waals surface area contributed by atoms with Crippen molar-refractivity contribution in [2.45, 2.75) is 18.1 Å². The Kier molecular flexibility index (Phi) is 8.19. The molecule has 38 heavy (non-hydrogen) atoms. The Labute approximate surface area is 224 Å². The number of aromatic nitrogens is 1. The molecular formula is C33H35N3O2. The molecule has 0 fully saturated rings. The number of likely N-dealkylation sites (N-methyl/N-ethyl adjacent to an activating group) is 1. The molecule has 5 heteroatoms. The third kappa shape index (κ3) is 5.50. The lowest BCUT2D eigenvalue weighted by Crippen LogP contribution is -2.45. The second kappa shape index (κ2) is 12.1. The normalized spacial score (nSPS) is 12.5. The molecule has 5 aromatic rings. The van der Waals surface area contributed by atoms with Crippen molar-refractivity contribution in [3.05, 3.63) is 138 Å². The molecule has 0 aliphatic heterocycles. The van der Waals surface area contributed by atoms with Crippen molar-refractivity contribution >= 4 is 10.9 Å². The fourth-order valence-corrected chi connectivity index (χ4v) is 5.20. The Bertz CT molecular complexity index is 1320. The number of aliphatic hydroxyl groups is 1. The molecule has 5 nitrogen and oxygen atoms in total. The van der Waals surface area contributed by atoms with Gasteiger partial charge in [0.2, 0.25) is 0 Å². The molecule has 0 saturated carbocycles. The molecule has 194 valence electrons. The average Bonchev–Trinajstić information content (AvgIpc) is 3.38. The summed E-state index contributed by atoms with van der Waals surface area (Å²) in [5.74, 6) is 0.758. The fourth-order valence-electron chi connectivity index (χ4n) is 5.20. The van der Waals surface area contributed by atoms with Crippen LogP contribution >= 0.6 is 0 Å². The van der Waals surface area contributed by atoms with Gasteiger partial charge in [-0.2, -0.15) is 0 Å². The zero-order valence-corrected chi connectivity index (χ0v) is 21.7. The van der Waals surface area contributed by atoms with Crippen molar-refractivity contribution in [1.29, 1.82) is 0 Å². The van der Waals surface area contributed by atoms with Crippen LogP contribution in [0.3, 0.4) is 0 Å². The number of benzene rings is 4. The lowest BCUT2D eigenvalue weighted by atomic mass is 9.77. The maximum absolute atomic E-state index is 10.0. The van der Waals surface area contributed by atoms with Gasteiger partial charge in [-0.3, -0.25) is 5.32 Å². The van der Waals surface area contributed by atoms with Gasteiger partial charge in [-0.25, -0.2) is 0 Å². The van der Waals surface area contributed by atoms with Crippen molar-refractivity contribution < 1.29 is 9.84 Å². The number of H-pyrrole nitrogens is 1. The molecule has 0 spiro atoms. The van der Waals surface area contributed by atoms with Gasteiger partial charge in [0.15, 0.2) is 0 Å². The fraction of sp³-hybridized carbons (Fsp3) is 0.212. The molecule has 0 saturated heterocycles. The first-order valence-corrected chi connectivity index (χ1v) is 13.2. The highest BCUT2D eigenvalue weighted by atomic mass is 16.5. The summed E-state index contributed by atoms with van der Waals surface area (Å²) in [6.07, 6.45) is 2.37. The van der Waals surface area contributed by atoms with Crippen LogP contribution in [0.5, 0.6) is 5.75 Å². The van der Waals surface area contributed by atoms with Crippen LogP contribution < -0.4 is 15.4 Å². The number of aliphatic hydroxyl groups excluding tert-OH is 1. The summed E-state index contributed by atoms with van der Waals surface area (Å²) in [6.45, 7) is 1.51. The van der Waals surface area contributed by atoms with Crippen LogP contribution in [0.15, 0.2) is 115 Å². The van der Waals surface area contributed by atoms with Gasteiger partial charge in [-0.1, -0.05) is 91.0 Å². The van der Waals surface area contributed by atoms with Crippen molar-refractivity contribution in [2.24, 2.45) is 0 Å².